The lowest BCUT2D eigenvalue weighted by atomic mass is 9.85. The zero-order valence-corrected chi connectivity index (χ0v) is 12.5. The minimum Gasteiger partial charge on any atom is -0.480 e. The lowest BCUT2D eigenvalue weighted by molar-refractivity contribution is -0.141. The third-order valence-electron chi connectivity index (χ3n) is 5.24. The molecule has 4 unspecified atom stereocenters. The van der Waals surface area contributed by atoms with E-state index in [2.05, 4.69) is 5.32 Å². The highest BCUT2D eigenvalue weighted by Gasteiger charge is 2.48. The van der Waals surface area contributed by atoms with E-state index in [4.69, 9.17) is 4.74 Å². The number of carboxylic acids is 1. The van der Waals surface area contributed by atoms with E-state index in [0.717, 1.165) is 32.1 Å². The molecule has 0 aromatic heterocycles. The number of urea groups is 1. The monoisotopic (exact) mass is 296 g/mol. The van der Waals surface area contributed by atoms with Crippen LogP contribution >= 0.6 is 0 Å². The van der Waals surface area contributed by atoms with Gasteiger partial charge in [-0.3, -0.25) is 0 Å². The third kappa shape index (κ3) is 2.73. The Kier molecular flexibility index (Phi) is 3.82. The number of nitrogens with one attached hydrogen (secondary N) is 1. The van der Waals surface area contributed by atoms with Crippen molar-refractivity contribution in [3.8, 4) is 0 Å². The Bertz CT molecular complexity index is 433. The number of nitrogens with zero attached hydrogens (tertiary/aromatic N) is 1. The number of carboxylic acid groups (broad SMARTS) is 1. The molecule has 0 aromatic rings. The van der Waals surface area contributed by atoms with Crippen molar-refractivity contribution in [1.82, 2.24) is 10.2 Å². The molecule has 2 amide bonds. The average molecular weight is 296 g/mol. The van der Waals surface area contributed by atoms with Crippen molar-refractivity contribution in [2.24, 2.45) is 5.92 Å². The predicted molar refractivity (Wildman–Crippen MR) is 76.0 cm³/mol. The molecule has 4 atom stereocenters. The smallest absolute Gasteiger partial charge is 0.326 e. The summed E-state index contributed by atoms with van der Waals surface area (Å²) in [4.78, 5) is 25.8. The van der Waals surface area contributed by atoms with E-state index in [-0.39, 0.29) is 17.6 Å². The summed E-state index contributed by atoms with van der Waals surface area (Å²) >= 11 is 0. The predicted octanol–water partition coefficient (Wildman–Crippen LogP) is 1.59. The number of aliphatic carboxylic acids is 1. The van der Waals surface area contributed by atoms with Gasteiger partial charge in [-0.05, 0) is 38.5 Å². The highest BCUT2D eigenvalue weighted by molar-refractivity contribution is 5.84. The average Bonchev–Trinajstić information content (AvgIpc) is 3.02. The van der Waals surface area contributed by atoms with Crippen molar-refractivity contribution in [3.05, 3.63) is 0 Å². The second kappa shape index (κ2) is 5.48. The van der Waals surface area contributed by atoms with Crippen LogP contribution in [0.25, 0.3) is 0 Å². The van der Waals surface area contributed by atoms with Gasteiger partial charge in [0.05, 0.1) is 12.1 Å². The van der Waals surface area contributed by atoms with Gasteiger partial charge in [-0.1, -0.05) is 12.8 Å². The summed E-state index contributed by atoms with van der Waals surface area (Å²) in [5.41, 5.74) is -0.368. The summed E-state index contributed by atoms with van der Waals surface area (Å²) in [6, 6.07) is -0.820. The maximum absolute atomic E-state index is 12.7. The molecule has 0 bridgehead atoms. The van der Waals surface area contributed by atoms with E-state index in [1.54, 1.807) is 4.90 Å². The van der Waals surface area contributed by atoms with Crippen LogP contribution in [0.15, 0.2) is 0 Å². The normalized spacial score (nSPS) is 39.1. The number of hydrogen-bond donors (Lipinski definition) is 2. The highest BCUT2D eigenvalue weighted by Crippen LogP contribution is 2.40. The van der Waals surface area contributed by atoms with Crippen molar-refractivity contribution in [3.63, 3.8) is 0 Å². The van der Waals surface area contributed by atoms with E-state index < -0.39 is 12.0 Å². The van der Waals surface area contributed by atoms with Gasteiger partial charge in [-0.2, -0.15) is 0 Å². The van der Waals surface area contributed by atoms with Crippen LogP contribution in [0.5, 0.6) is 0 Å². The minimum atomic E-state index is -0.882. The van der Waals surface area contributed by atoms with Gasteiger partial charge in [0, 0.05) is 12.6 Å². The van der Waals surface area contributed by atoms with E-state index in [0.29, 0.717) is 25.6 Å². The number of hydrogen-bond acceptors (Lipinski definition) is 3. The standard InChI is InChI=1S/C15H24N2O4/c1-15(6-7-21-9-15)16-14(20)17-11-5-3-2-4-10(11)8-12(17)13(18)19/h10-12H,2-9H2,1H3,(H,16,20)(H,18,19). The molecule has 2 N–H and O–H groups in total. The Balaban J connectivity index is 1.76. The zero-order valence-electron chi connectivity index (χ0n) is 12.5. The fourth-order valence-electron chi connectivity index (χ4n) is 4.06. The van der Waals surface area contributed by atoms with Gasteiger partial charge in [0.1, 0.15) is 6.04 Å². The van der Waals surface area contributed by atoms with Gasteiger partial charge >= 0.3 is 12.0 Å². The zero-order chi connectivity index (χ0) is 15.0. The molecule has 3 aliphatic rings. The van der Waals surface area contributed by atoms with Crippen LogP contribution in [0.3, 0.4) is 0 Å². The van der Waals surface area contributed by atoms with E-state index in [1.807, 2.05) is 6.92 Å². The molecule has 2 heterocycles. The molecular weight excluding hydrogens is 272 g/mol. The fourth-order valence-corrected chi connectivity index (χ4v) is 4.06. The first-order chi connectivity index (χ1) is 10.0. The van der Waals surface area contributed by atoms with Crippen LogP contribution in [0.2, 0.25) is 0 Å². The van der Waals surface area contributed by atoms with Crippen molar-refractivity contribution in [2.45, 2.75) is 63.1 Å². The van der Waals surface area contributed by atoms with Crippen LogP contribution in [-0.4, -0.2) is 52.8 Å². The number of fused-ring (bicyclic) bond motifs is 1. The van der Waals surface area contributed by atoms with Gasteiger partial charge in [0.2, 0.25) is 0 Å². The molecule has 6 heteroatoms. The van der Waals surface area contributed by atoms with Crippen LogP contribution in [0.1, 0.15) is 45.4 Å². The number of rotatable bonds is 2. The van der Waals surface area contributed by atoms with Crippen molar-refractivity contribution in [2.75, 3.05) is 13.2 Å². The van der Waals surface area contributed by atoms with Crippen molar-refractivity contribution in [1.29, 1.82) is 0 Å². The summed E-state index contributed by atoms with van der Waals surface area (Å²) in [6.07, 6.45) is 5.57. The van der Waals surface area contributed by atoms with Crippen LogP contribution in [-0.2, 0) is 9.53 Å². The maximum atomic E-state index is 12.7. The maximum Gasteiger partial charge on any atom is 0.326 e. The quantitative estimate of drug-likeness (QED) is 0.811. The lowest BCUT2D eigenvalue weighted by Gasteiger charge is -2.35. The van der Waals surface area contributed by atoms with Crippen LogP contribution in [0, 0.1) is 5.92 Å². The second-order valence-electron chi connectivity index (χ2n) is 6.90. The van der Waals surface area contributed by atoms with Gasteiger partial charge in [0.15, 0.2) is 0 Å². The molecule has 3 fully saturated rings. The first-order valence-electron chi connectivity index (χ1n) is 7.91. The van der Waals surface area contributed by atoms with E-state index >= 15 is 0 Å². The molecular formula is C15H24N2O4. The third-order valence-corrected chi connectivity index (χ3v) is 5.24. The van der Waals surface area contributed by atoms with Crippen LogP contribution < -0.4 is 5.32 Å². The molecule has 0 spiro atoms. The summed E-state index contributed by atoms with van der Waals surface area (Å²) in [5, 5.41) is 12.5. The Labute approximate surface area is 124 Å². The molecule has 0 radical (unpaired) electrons. The number of likely N-dealkylation sites (tertiary alicyclic amines) is 1. The van der Waals surface area contributed by atoms with Crippen molar-refractivity contribution < 1.29 is 19.4 Å². The summed E-state index contributed by atoms with van der Waals surface area (Å²) < 4.78 is 5.35. The van der Waals surface area contributed by atoms with Gasteiger partial charge in [-0.15, -0.1) is 0 Å². The summed E-state index contributed by atoms with van der Waals surface area (Å²) in [6.45, 7) is 3.10. The Hall–Kier alpha value is -1.30. The van der Waals surface area contributed by atoms with Crippen molar-refractivity contribution >= 4 is 12.0 Å². The number of ether oxygens (including phenoxy) is 1. The first kappa shape index (κ1) is 14.6. The number of carbonyl (C=O) groups is 2. The molecule has 0 aromatic carbocycles. The SMILES string of the molecule is CC1(NC(=O)N2C(C(=O)O)CC3CCCCC32)CCOC1. The molecule has 1 saturated carbocycles. The fraction of sp³-hybridized carbons (Fsp3) is 0.867. The Morgan fingerprint density at radius 3 is 2.76 bits per heavy atom. The molecule has 21 heavy (non-hydrogen) atoms. The second-order valence-corrected chi connectivity index (χ2v) is 6.90. The summed E-state index contributed by atoms with van der Waals surface area (Å²) in [5.74, 6) is -0.536. The molecule has 6 nitrogen and oxygen atoms in total. The number of amides is 2. The molecule has 2 saturated heterocycles. The van der Waals surface area contributed by atoms with Gasteiger partial charge in [-0.25, -0.2) is 9.59 Å². The molecule has 118 valence electrons. The largest absolute Gasteiger partial charge is 0.480 e. The first-order valence-corrected chi connectivity index (χ1v) is 7.91. The minimum absolute atomic E-state index is 0.0887. The summed E-state index contributed by atoms with van der Waals surface area (Å²) in [7, 11) is 0. The molecule has 2 aliphatic heterocycles. The van der Waals surface area contributed by atoms with Gasteiger partial charge < -0.3 is 20.1 Å². The van der Waals surface area contributed by atoms with Crippen LogP contribution in [0.4, 0.5) is 4.79 Å². The van der Waals surface area contributed by atoms with Gasteiger partial charge in [0.25, 0.3) is 0 Å². The lowest BCUT2D eigenvalue weighted by Crippen LogP contribution is -2.57. The molecule has 1 aliphatic carbocycles. The van der Waals surface area contributed by atoms with E-state index in [9.17, 15) is 14.7 Å². The topological polar surface area (TPSA) is 78.9 Å². The number of carbonyl (C=O) groups excluding carboxylic acids is 1. The Morgan fingerprint density at radius 1 is 1.33 bits per heavy atom. The Morgan fingerprint density at radius 2 is 2.10 bits per heavy atom. The highest BCUT2D eigenvalue weighted by atomic mass is 16.5. The molecule has 3 rings (SSSR count). The van der Waals surface area contributed by atoms with E-state index in [1.165, 1.54) is 0 Å².